The molecule has 2 atom stereocenters. The minimum Gasteiger partial charge on any atom is -0.378 e. The molecule has 2 N–H and O–H groups in total. The molecule has 0 aromatic rings. The summed E-state index contributed by atoms with van der Waals surface area (Å²) in [6.07, 6.45) is 12.2. The van der Waals surface area contributed by atoms with Gasteiger partial charge in [0, 0.05) is 6.04 Å². The molecule has 3 nitrogen and oxygen atoms in total. The molecule has 0 spiro atoms. The van der Waals surface area contributed by atoms with Gasteiger partial charge >= 0.3 is 0 Å². The highest BCUT2D eigenvalue weighted by Crippen LogP contribution is 2.28. The Balaban J connectivity index is 2.49. The molecule has 2 unspecified atom stereocenters. The van der Waals surface area contributed by atoms with Crippen LogP contribution in [0.4, 0.5) is 0 Å². The molecule has 0 aromatic carbocycles. The maximum absolute atomic E-state index is 10.5. The lowest BCUT2D eigenvalue weighted by Gasteiger charge is -2.37. The molecule has 1 aliphatic rings. The van der Waals surface area contributed by atoms with E-state index in [2.05, 4.69) is 13.8 Å². The number of unbranched alkanes of at least 4 members (excludes halogenated alkanes) is 4. The van der Waals surface area contributed by atoms with Gasteiger partial charge in [0.05, 0.1) is 0 Å². The first-order valence-corrected chi connectivity index (χ1v) is 8.84. The van der Waals surface area contributed by atoms with Crippen LogP contribution in [0.5, 0.6) is 0 Å². The molecule has 0 bridgehead atoms. The third kappa shape index (κ3) is 6.11. The van der Waals surface area contributed by atoms with Crippen molar-refractivity contribution in [3.05, 3.63) is 0 Å². The van der Waals surface area contributed by atoms with Gasteiger partial charge in [0.15, 0.2) is 0 Å². The lowest BCUT2D eigenvalue weighted by Crippen LogP contribution is -2.48. The molecule has 0 aliphatic heterocycles. The van der Waals surface area contributed by atoms with Crippen LogP contribution in [0, 0.1) is 0 Å². The molecule has 1 aliphatic carbocycles. The molecular weight excluding hydrogens is 250 g/mol. The van der Waals surface area contributed by atoms with E-state index >= 15 is 0 Å². The normalized spacial score (nSPS) is 19.6. The van der Waals surface area contributed by atoms with Crippen molar-refractivity contribution in [2.75, 3.05) is 0 Å². The van der Waals surface area contributed by atoms with E-state index in [0.717, 1.165) is 38.5 Å². The average molecular weight is 285 g/mol. The molecule has 0 amide bonds. The fourth-order valence-corrected chi connectivity index (χ4v) is 3.34. The Hall–Kier alpha value is -0.120. The van der Waals surface area contributed by atoms with Gasteiger partial charge in [-0.15, -0.1) is 0 Å². The Morgan fingerprint density at radius 1 is 0.850 bits per heavy atom. The predicted molar refractivity (Wildman–Crippen MR) is 84.4 cm³/mol. The van der Waals surface area contributed by atoms with Crippen LogP contribution in [0.2, 0.25) is 0 Å². The highest BCUT2D eigenvalue weighted by Gasteiger charge is 2.31. The number of hydrogen-bond acceptors (Lipinski definition) is 3. The first-order chi connectivity index (χ1) is 9.70. The number of hydrogen-bond donors (Lipinski definition) is 2. The second-order valence-corrected chi connectivity index (χ2v) is 6.34. The van der Waals surface area contributed by atoms with Crippen LogP contribution >= 0.6 is 0 Å². The Kier molecular flexibility index (Phi) is 9.49. The summed E-state index contributed by atoms with van der Waals surface area (Å²) in [7, 11) is 0. The van der Waals surface area contributed by atoms with Crippen molar-refractivity contribution in [1.29, 1.82) is 0 Å². The van der Waals surface area contributed by atoms with Gasteiger partial charge in [-0.2, -0.15) is 0 Å². The van der Waals surface area contributed by atoms with Crippen molar-refractivity contribution in [3.63, 3.8) is 0 Å². The fourth-order valence-electron chi connectivity index (χ4n) is 3.34. The van der Waals surface area contributed by atoms with Crippen molar-refractivity contribution in [2.45, 2.75) is 109 Å². The Bertz CT molecular complexity index is 213. The van der Waals surface area contributed by atoms with Gasteiger partial charge in [0.2, 0.25) is 0 Å². The minimum absolute atomic E-state index is 0.392. The number of rotatable bonds is 11. The Labute approximate surface area is 125 Å². The van der Waals surface area contributed by atoms with Gasteiger partial charge in [-0.05, 0) is 38.5 Å². The van der Waals surface area contributed by atoms with Gasteiger partial charge < -0.3 is 10.2 Å². The van der Waals surface area contributed by atoms with Crippen molar-refractivity contribution in [2.24, 2.45) is 0 Å². The zero-order valence-corrected chi connectivity index (χ0v) is 13.6. The third-order valence-electron chi connectivity index (χ3n) is 4.57. The number of nitrogens with zero attached hydrogens (tertiary/aromatic N) is 1. The largest absolute Gasteiger partial charge is 0.378 e. The molecule has 0 aromatic heterocycles. The van der Waals surface area contributed by atoms with E-state index in [-0.39, 0.29) is 0 Å². The highest BCUT2D eigenvalue weighted by atomic mass is 16.3. The van der Waals surface area contributed by atoms with E-state index in [1.54, 1.807) is 0 Å². The molecule has 1 saturated carbocycles. The van der Waals surface area contributed by atoms with Gasteiger partial charge in [-0.1, -0.05) is 52.4 Å². The van der Waals surface area contributed by atoms with Gasteiger partial charge in [0.1, 0.15) is 12.5 Å². The standard InChI is InChI=1S/C17H35NO2/c1-3-5-7-13-16(19)18(15-11-9-10-12-15)17(20)14-8-6-4-2/h15-17,19-20H,3-14H2,1-2H3. The van der Waals surface area contributed by atoms with Crippen LogP contribution in [0.25, 0.3) is 0 Å². The maximum atomic E-state index is 10.5. The summed E-state index contributed by atoms with van der Waals surface area (Å²) in [6, 6.07) is 0.392. The van der Waals surface area contributed by atoms with Crippen LogP contribution in [0.15, 0.2) is 0 Å². The molecule has 120 valence electrons. The van der Waals surface area contributed by atoms with Crippen LogP contribution in [0.3, 0.4) is 0 Å². The summed E-state index contributed by atoms with van der Waals surface area (Å²) in [5, 5.41) is 21.0. The molecule has 0 saturated heterocycles. The smallest absolute Gasteiger partial charge is 0.109 e. The predicted octanol–water partition coefficient (Wildman–Crippen LogP) is 4.03. The van der Waals surface area contributed by atoms with Crippen LogP contribution < -0.4 is 0 Å². The summed E-state index contributed by atoms with van der Waals surface area (Å²) in [5.74, 6) is 0. The average Bonchev–Trinajstić information content (AvgIpc) is 2.93. The quantitative estimate of drug-likeness (QED) is 0.445. The van der Waals surface area contributed by atoms with Gasteiger partial charge in [0.25, 0.3) is 0 Å². The second-order valence-electron chi connectivity index (χ2n) is 6.34. The SMILES string of the molecule is CCCCCC(O)N(C(O)CCCCC)C1CCCC1. The first kappa shape index (κ1) is 17.9. The van der Waals surface area contributed by atoms with Crippen LogP contribution in [-0.2, 0) is 0 Å². The summed E-state index contributed by atoms with van der Waals surface area (Å²) in [4.78, 5) is 2.03. The lowest BCUT2D eigenvalue weighted by molar-refractivity contribution is -0.130. The maximum Gasteiger partial charge on any atom is 0.109 e. The Morgan fingerprint density at radius 3 is 1.70 bits per heavy atom. The zero-order valence-electron chi connectivity index (χ0n) is 13.6. The second kappa shape index (κ2) is 10.6. The summed E-state index contributed by atoms with van der Waals surface area (Å²) in [5.41, 5.74) is 0. The van der Waals surface area contributed by atoms with E-state index in [1.807, 2.05) is 4.90 Å². The topological polar surface area (TPSA) is 43.7 Å². The highest BCUT2D eigenvalue weighted by molar-refractivity contribution is 4.81. The lowest BCUT2D eigenvalue weighted by atomic mass is 10.1. The van der Waals surface area contributed by atoms with Crippen molar-refractivity contribution >= 4 is 0 Å². The zero-order chi connectivity index (χ0) is 14.8. The molecule has 20 heavy (non-hydrogen) atoms. The molecule has 1 rings (SSSR count). The fraction of sp³-hybridized carbons (Fsp3) is 1.00. The van der Waals surface area contributed by atoms with E-state index in [0.29, 0.717) is 6.04 Å². The summed E-state index contributed by atoms with van der Waals surface area (Å²) >= 11 is 0. The van der Waals surface area contributed by atoms with E-state index < -0.39 is 12.5 Å². The molecule has 0 radical (unpaired) electrons. The van der Waals surface area contributed by atoms with Crippen LogP contribution in [-0.4, -0.2) is 33.6 Å². The van der Waals surface area contributed by atoms with E-state index in [4.69, 9.17) is 0 Å². The van der Waals surface area contributed by atoms with Gasteiger partial charge in [-0.25, -0.2) is 4.90 Å². The monoisotopic (exact) mass is 285 g/mol. The molecular formula is C17H35NO2. The van der Waals surface area contributed by atoms with Crippen LogP contribution in [0.1, 0.15) is 90.9 Å². The number of aliphatic hydroxyl groups is 2. The molecule has 0 heterocycles. The molecule has 1 fully saturated rings. The summed E-state index contributed by atoms with van der Waals surface area (Å²) in [6.45, 7) is 4.36. The third-order valence-corrected chi connectivity index (χ3v) is 4.57. The molecule has 3 heteroatoms. The van der Waals surface area contributed by atoms with E-state index in [9.17, 15) is 10.2 Å². The van der Waals surface area contributed by atoms with Gasteiger partial charge in [-0.3, -0.25) is 0 Å². The summed E-state index contributed by atoms with van der Waals surface area (Å²) < 4.78 is 0. The minimum atomic E-state index is -0.457. The first-order valence-electron chi connectivity index (χ1n) is 8.84. The Morgan fingerprint density at radius 2 is 1.30 bits per heavy atom. The van der Waals surface area contributed by atoms with Crippen molar-refractivity contribution < 1.29 is 10.2 Å². The number of aliphatic hydroxyl groups excluding tert-OH is 2. The van der Waals surface area contributed by atoms with E-state index in [1.165, 1.54) is 38.5 Å². The van der Waals surface area contributed by atoms with Crippen molar-refractivity contribution in [3.8, 4) is 0 Å². The van der Waals surface area contributed by atoms with Crippen molar-refractivity contribution in [1.82, 2.24) is 4.90 Å².